The molecule has 0 unspecified atom stereocenters. The van der Waals surface area contributed by atoms with Crippen molar-refractivity contribution in [1.82, 2.24) is 4.31 Å². The molecule has 0 amide bonds. The van der Waals surface area contributed by atoms with Crippen LogP contribution >= 0.6 is 22.9 Å². The van der Waals surface area contributed by atoms with Crippen LogP contribution in [0.2, 0.25) is 0 Å². The van der Waals surface area contributed by atoms with E-state index in [1.165, 1.54) is 15.6 Å². The van der Waals surface area contributed by atoms with Crippen LogP contribution in [0, 0.1) is 6.92 Å². The maximum atomic E-state index is 12.5. The standard InChI is InChI=1S/C11H18ClNO3S2/c1-4-13(5-6-16-3)18(14,15)11-9(2)8-17-10(11)7-12/h8H,4-7H2,1-3H3. The molecule has 0 saturated heterocycles. The summed E-state index contributed by atoms with van der Waals surface area (Å²) in [7, 11) is -1.92. The number of rotatable bonds is 7. The van der Waals surface area contributed by atoms with E-state index in [-0.39, 0.29) is 5.88 Å². The molecule has 1 aromatic heterocycles. The van der Waals surface area contributed by atoms with Gasteiger partial charge < -0.3 is 4.74 Å². The van der Waals surface area contributed by atoms with Gasteiger partial charge in [0.15, 0.2) is 0 Å². The molecule has 0 atom stereocenters. The summed E-state index contributed by atoms with van der Waals surface area (Å²) in [6, 6.07) is 0. The number of thiophene rings is 1. The molecule has 7 heteroatoms. The molecule has 0 aliphatic carbocycles. The van der Waals surface area contributed by atoms with Gasteiger partial charge in [0.05, 0.1) is 12.5 Å². The normalized spacial score (nSPS) is 12.3. The Morgan fingerprint density at radius 2 is 2.17 bits per heavy atom. The molecular formula is C11H18ClNO3S2. The largest absolute Gasteiger partial charge is 0.383 e. The molecule has 1 aromatic rings. The lowest BCUT2D eigenvalue weighted by molar-refractivity contribution is 0.180. The van der Waals surface area contributed by atoms with Gasteiger partial charge in [-0.2, -0.15) is 4.31 Å². The molecule has 0 aliphatic heterocycles. The molecule has 0 aliphatic rings. The van der Waals surface area contributed by atoms with Crippen molar-refractivity contribution >= 4 is 33.0 Å². The second-order valence-electron chi connectivity index (χ2n) is 3.79. The van der Waals surface area contributed by atoms with Crippen LogP contribution in [-0.2, 0) is 20.6 Å². The van der Waals surface area contributed by atoms with Gasteiger partial charge in [0.1, 0.15) is 4.90 Å². The minimum Gasteiger partial charge on any atom is -0.383 e. The number of ether oxygens (including phenoxy) is 1. The van der Waals surface area contributed by atoms with Crippen LogP contribution in [0.4, 0.5) is 0 Å². The van der Waals surface area contributed by atoms with E-state index in [1.807, 2.05) is 12.3 Å². The van der Waals surface area contributed by atoms with Crippen LogP contribution in [0.3, 0.4) is 0 Å². The molecule has 18 heavy (non-hydrogen) atoms. The van der Waals surface area contributed by atoms with Crippen molar-refractivity contribution in [1.29, 1.82) is 0 Å². The number of likely N-dealkylation sites (N-methyl/N-ethyl adjacent to an activating group) is 1. The van der Waals surface area contributed by atoms with Gasteiger partial charge in [0, 0.05) is 25.1 Å². The highest BCUT2D eigenvalue weighted by atomic mass is 35.5. The van der Waals surface area contributed by atoms with E-state index in [1.54, 1.807) is 14.0 Å². The summed E-state index contributed by atoms with van der Waals surface area (Å²) < 4.78 is 31.5. The maximum Gasteiger partial charge on any atom is 0.244 e. The summed E-state index contributed by atoms with van der Waals surface area (Å²) in [5.74, 6) is 0.217. The van der Waals surface area contributed by atoms with Gasteiger partial charge in [-0.25, -0.2) is 8.42 Å². The summed E-state index contributed by atoms with van der Waals surface area (Å²) in [5, 5.41) is 1.83. The van der Waals surface area contributed by atoms with Crippen molar-refractivity contribution in [2.24, 2.45) is 0 Å². The highest BCUT2D eigenvalue weighted by Crippen LogP contribution is 2.30. The predicted molar refractivity (Wildman–Crippen MR) is 74.9 cm³/mol. The Bertz CT molecular complexity index is 484. The number of nitrogens with zero attached hydrogens (tertiary/aromatic N) is 1. The number of aryl methyl sites for hydroxylation is 1. The van der Waals surface area contributed by atoms with Gasteiger partial charge in [-0.1, -0.05) is 6.92 Å². The summed E-state index contributed by atoms with van der Waals surface area (Å²) in [6.45, 7) is 4.76. The predicted octanol–water partition coefficient (Wildman–Crippen LogP) is 2.45. The van der Waals surface area contributed by atoms with Crippen molar-refractivity contribution in [3.8, 4) is 0 Å². The number of sulfonamides is 1. The first-order valence-corrected chi connectivity index (χ1v) is 8.46. The van der Waals surface area contributed by atoms with Gasteiger partial charge >= 0.3 is 0 Å². The van der Waals surface area contributed by atoms with Crippen LogP contribution < -0.4 is 0 Å². The van der Waals surface area contributed by atoms with Gasteiger partial charge in [0.2, 0.25) is 10.0 Å². The number of methoxy groups -OCH3 is 1. The second-order valence-corrected chi connectivity index (χ2v) is 6.90. The second kappa shape index (κ2) is 6.86. The average Bonchev–Trinajstić information content (AvgIpc) is 2.71. The monoisotopic (exact) mass is 311 g/mol. The van der Waals surface area contributed by atoms with Gasteiger partial charge in [-0.15, -0.1) is 22.9 Å². The zero-order chi connectivity index (χ0) is 13.8. The van der Waals surface area contributed by atoms with Crippen molar-refractivity contribution in [3.05, 3.63) is 15.8 Å². The summed E-state index contributed by atoms with van der Waals surface area (Å²) in [5.41, 5.74) is 0.756. The molecule has 0 N–H and O–H groups in total. The van der Waals surface area contributed by atoms with Crippen molar-refractivity contribution in [2.45, 2.75) is 24.6 Å². The van der Waals surface area contributed by atoms with E-state index in [0.29, 0.717) is 29.5 Å². The summed E-state index contributed by atoms with van der Waals surface area (Å²) in [6.07, 6.45) is 0. The molecule has 1 heterocycles. The SMILES string of the molecule is CCN(CCOC)S(=O)(=O)c1c(C)csc1CCl. The van der Waals surface area contributed by atoms with Crippen molar-refractivity contribution in [2.75, 3.05) is 26.8 Å². The zero-order valence-corrected chi connectivity index (χ0v) is 13.2. The van der Waals surface area contributed by atoms with Crippen LogP contribution in [0.25, 0.3) is 0 Å². The Morgan fingerprint density at radius 1 is 1.50 bits per heavy atom. The minimum atomic E-state index is -3.47. The minimum absolute atomic E-state index is 0.217. The molecule has 0 fully saturated rings. The summed E-state index contributed by atoms with van der Waals surface area (Å²) >= 11 is 7.19. The molecule has 1 rings (SSSR count). The van der Waals surface area contributed by atoms with Crippen LogP contribution in [0.1, 0.15) is 17.4 Å². The lowest BCUT2D eigenvalue weighted by atomic mass is 10.3. The number of hydrogen-bond acceptors (Lipinski definition) is 4. The molecule has 0 bridgehead atoms. The van der Waals surface area contributed by atoms with E-state index in [2.05, 4.69) is 0 Å². The topological polar surface area (TPSA) is 46.6 Å². The first kappa shape index (κ1) is 15.9. The third kappa shape index (κ3) is 3.24. The number of hydrogen-bond donors (Lipinski definition) is 0. The fourth-order valence-corrected chi connectivity index (χ4v) is 5.14. The zero-order valence-electron chi connectivity index (χ0n) is 10.8. The molecule has 0 spiro atoms. The molecular weight excluding hydrogens is 294 g/mol. The highest BCUT2D eigenvalue weighted by Gasteiger charge is 2.28. The smallest absolute Gasteiger partial charge is 0.244 e. The fraction of sp³-hybridized carbons (Fsp3) is 0.636. The molecule has 0 saturated carbocycles. The fourth-order valence-electron chi connectivity index (χ4n) is 1.70. The van der Waals surface area contributed by atoms with Gasteiger partial charge in [0.25, 0.3) is 0 Å². The van der Waals surface area contributed by atoms with Crippen molar-refractivity contribution in [3.63, 3.8) is 0 Å². The molecule has 104 valence electrons. The third-order valence-electron chi connectivity index (χ3n) is 2.61. The van der Waals surface area contributed by atoms with E-state index in [0.717, 1.165) is 5.56 Å². The van der Waals surface area contributed by atoms with E-state index < -0.39 is 10.0 Å². The van der Waals surface area contributed by atoms with Crippen LogP contribution in [0.15, 0.2) is 10.3 Å². The average molecular weight is 312 g/mol. The van der Waals surface area contributed by atoms with Crippen LogP contribution in [0.5, 0.6) is 0 Å². The van der Waals surface area contributed by atoms with E-state index >= 15 is 0 Å². The number of halogens is 1. The first-order valence-electron chi connectivity index (χ1n) is 5.61. The number of alkyl halides is 1. The lowest BCUT2D eigenvalue weighted by Gasteiger charge is -2.20. The molecule has 0 radical (unpaired) electrons. The quantitative estimate of drug-likeness (QED) is 0.727. The first-order chi connectivity index (χ1) is 8.48. The Balaban J connectivity index is 3.14. The molecule has 0 aromatic carbocycles. The van der Waals surface area contributed by atoms with Gasteiger partial charge in [-0.3, -0.25) is 0 Å². The third-order valence-corrected chi connectivity index (χ3v) is 6.47. The Labute approximate surface area is 118 Å². The Morgan fingerprint density at radius 3 is 2.67 bits per heavy atom. The molecule has 4 nitrogen and oxygen atoms in total. The van der Waals surface area contributed by atoms with Gasteiger partial charge in [-0.05, 0) is 17.9 Å². The highest BCUT2D eigenvalue weighted by molar-refractivity contribution is 7.89. The van der Waals surface area contributed by atoms with Crippen molar-refractivity contribution < 1.29 is 13.2 Å². The lowest BCUT2D eigenvalue weighted by Crippen LogP contribution is -2.34. The van der Waals surface area contributed by atoms with E-state index in [9.17, 15) is 8.42 Å². The Hall–Kier alpha value is -0.140. The maximum absolute atomic E-state index is 12.5. The summed E-state index contributed by atoms with van der Waals surface area (Å²) in [4.78, 5) is 1.06. The van der Waals surface area contributed by atoms with E-state index in [4.69, 9.17) is 16.3 Å². The van der Waals surface area contributed by atoms with Crippen LogP contribution in [-0.4, -0.2) is 39.5 Å². The Kier molecular flexibility index (Phi) is 6.07.